The Bertz CT molecular complexity index is 606. The van der Waals surface area contributed by atoms with Gasteiger partial charge in [-0.15, -0.1) is 0 Å². The van der Waals surface area contributed by atoms with Crippen LogP contribution in [0.5, 0.6) is 0 Å². The van der Waals surface area contributed by atoms with Crippen LogP contribution in [0.3, 0.4) is 0 Å². The van der Waals surface area contributed by atoms with E-state index in [1.807, 2.05) is 0 Å². The molecule has 88 valence electrons. The number of aryl methyl sites for hydroxylation is 1. The molecular weight excluding hydrogens is 222 g/mol. The average Bonchev–Trinajstić information content (AvgIpc) is 2.36. The SMILES string of the molecule is COC(=O)CCc1nc2ccncc2c(=O)[nH]1. The molecule has 2 rings (SSSR count). The molecule has 0 saturated carbocycles. The Morgan fingerprint density at radius 3 is 3.12 bits per heavy atom. The quantitative estimate of drug-likeness (QED) is 0.777. The lowest BCUT2D eigenvalue weighted by Gasteiger charge is -2.01. The minimum absolute atomic E-state index is 0.191. The predicted octanol–water partition coefficient (Wildman–Crippen LogP) is 0.424. The highest BCUT2D eigenvalue weighted by Crippen LogP contribution is 2.05. The third-order valence-corrected chi connectivity index (χ3v) is 2.35. The van der Waals surface area contributed by atoms with Crippen molar-refractivity contribution in [1.82, 2.24) is 15.0 Å². The van der Waals surface area contributed by atoms with Crippen molar-refractivity contribution >= 4 is 16.9 Å². The zero-order valence-electron chi connectivity index (χ0n) is 9.27. The Labute approximate surface area is 96.7 Å². The topological polar surface area (TPSA) is 84.9 Å². The molecule has 0 atom stereocenters. The van der Waals surface area contributed by atoms with Crippen LogP contribution in [-0.2, 0) is 16.0 Å². The fraction of sp³-hybridized carbons (Fsp3) is 0.273. The maximum Gasteiger partial charge on any atom is 0.305 e. The molecule has 0 bridgehead atoms. The maximum absolute atomic E-state index is 11.7. The number of nitrogens with zero attached hydrogens (tertiary/aromatic N) is 2. The largest absolute Gasteiger partial charge is 0.469 e. The Morgan fingerprint density at radius 2 is 2.35 bits per heavy atom. The van der Waals surface area contributed by atoms with E-state index in [0.717, 1.165) is 0 Å². The number of methoxy groups -OCH3 is 1. The van der Waals surface area contributed by atoms with Crippen molar-refractivity contribution in [3.05, 3.63) is 34.6 Å². The lowest BCUT2D eigenvalue weighted by atomic mass is 10.2. The summed E-state index contributed by atoms with van der Waals surface area (Å²) in [6.45, 7) is 0. The van der Waals surface area contributed by atoms with Crippen molar-refractivity contribution in [2.24, 2.45) is 0 Å². The number of hydrogen-bond acceptors (Lipinski definition) is 5. The number of pyridine rings is 1. The van der Waals surface area contributed by atoms with Gasteiger partial charge in [0, 0.05) is 18.8 Å². The second-order valence-electron chi connectivity index (χ2n) is 3.48. The molecule has 17 heavy (non-hydrogen) atoms. The standard InChI is InChI=1S/C11H11N3O3/c1-17-10(15)3-2-9-13-8-4-5-12-6-7(8)11(16)14-9/h4-6H,2-3H2,1H3,(H,13,14,16). The lowest BCUT2D eigenvalue weighted by molar-refractivity contribution is -0.140. The molecule has 0 radical (unpaired) electrons. The number of H-pyrrole nitrogens is 1. The number of carbonyl (C=O) groups is 1. The van der Waals surface area contributed by atoms with Gasteiger partial charge in [0.1, 0.15) is 5.82 Å². The molecule has 0 fully saturated rings. The van der Waals surface area contributed by atoms with Crippen LogP contribution in [0.4, 0.5) is 0 Å². The van der Waals surface area contributed by atoms with Gasteiger partial charge in [-0.1, -0.05) is 0 Å². The summed E-state index contributed by atoms with van der Waals surface area (Å²) < 4.78 is 4.52. The number of aromatic amines is 1. The third kappa shape index (κ3) is 2.47. The molecule has 0 aliphatic heterocycles. The van der Waals surface area contributed by atoms with Gasteiger partial charge in [0.25, 0.3) is 5.56 Å². The Balaban J connectivity index is 2.31. The molecule has 1 N–H and O–H groups in total. The highest BCUT2D eigenvalue weighted by molar-refractivity contribution is 5.76. The molecule has 0 aliphatic carbocycles. The van der Waals surface area contributed by atoms with Gasteiger partial charge in [-0.2, -0.15) is 0 Å². The predicted molar refractivity (Wildman–Crippen MR) is 60.5 cm³/mol. The molecule has 0 spiro atoms. The minimum atomic E-state index is -0.331. The fourth-order valence-electron chi connectivity index (χ4n) is 1.47. The maximum atomic E-state index is 11.7. The number of hydrogen-bond donors (Lipinski definition) is 1. The molecule has 2 aromatic rings. The summed E-state index contributed by atoms with van der Waals surface area (Å²) in [6, 6.07) is 1.66. The van der Waals surface area contributed by atoms with Crippen molar-refractivity contribution in [2.45, 2.75) is 12.8 Å². The summed E-state index contributed by atoms with van der Waals surface area (Å²) in [4.78, 5) is 33.4. The highest BCUT2D eigenvalue weighted by atomic mass is 16.5. The van der Waals surface area contributed by atoms with Gasteiger partial charge >= 0.3 is 5.97 Å². The number of fused-ring (bicyclic) bond motifs is 1. The van der Waals surface area contributed by atoms with Crippen LogP contribution in [-0.4, -0.2) is 28.0 Å². The smallest absolute Gasteiger partial charge is 0.305 e. The molecule has 0 amide bonds. The van der Waals surface area contributed by atoms with Gasteiger partial charge in [0.15, 0.2) is 0 Å². The highest BCUT2D eigenvalue weighted by Gasteiger charge is 2.06. The first-order chi connectivity index (χ1) is 8.20. The summed E-state index contributed by atoms with van der Waals surface area (Å²) in [7, 11) is 1.32. The van der Waals surface area contributed by atoms with Crippen molar-refractivity contribution in [3.63, 3.8) is 0 Å². The van der Waals surface area contributed by atoms with Crippen molar-refractivity contribution < 1.29 is 9.53 Å². The van der Waals surface area contributed by atoms with Gasteiger partial charge in [-0.05, 0) is 6.07 Å². The van der Waals surface area contributed by atoms with E-state index < -0.39 is 0 Å². The Hall–Kier alpha value is -2.24. The summed E-state index contributed by atoms with van der Waals surface area (Å²) in [5, 5.41) is 0.439. The molecule has 2 heterocycles. The van der Waals surface area contributed by atoms with E-state index >= 15 is 0 Å². The average molecular weight is 233 g/mol. The first kappa shape index (κ1) is 11.3. The second kappa shape index (κ2) is 4.73. The minimum Gasteiger partial charge on any atom is -0.469 e. The summed E-state index contributed by atoms with van der Waals surface area (Å²) in [6.07, 6.45) is 3.57. The van der Waals surface area contributed by atoms with E-state index in [-0.39, 0.29) is 17.9 Å². The Morgan fingerprint density at radius 1 is 1.53 bits per heavy atom. The second-order valence-corrected chi connectivity index (χ2v) is 3.48. The van der Waals surface area contributed by atoms with Crippen molar-refractivity contribution in [1.29, 1.82) is 0 Å². The number of nitrogens with one attached hydrogen (secondary N) is 1. The van der Waals surface area contributed by atoms with Gasteiger partial charge in [-0.3, -0.25) is 14.6 Å². The van der Waals surface area contributed by atoms with E-state index in [9.17, 15) is 9.59 Å². The number of ether oxygens (including phenoxy) is 1. The fourth-order valence-corrected chi connectivity index (χ4v) is 1.47. The van der Waals surface area contributed by atoms with Crippen LogP contribution in [0.1, 0.15) is 12.2 Å². The van der Waals surface area contributed by atoms with Gasteiger partial charge < -0.3 is 9.72 Å². The van der Waals surface area contributed by atoms with Gasteiger partial charge in [0.05, 0.1) is 24.4 Å². The molecule has 0 unspecified atom stereocenters. The van der Waals surface area contributed by atoms with Crippen LogP contribution >= 0.6 is 0 Å². The van der Waals surface area contributed by atoms with Crippen molar-refractivity contribution in [3.8, 4) is 0 Å². The summed E-state index contributed by atoms with van der Waals surface area (Å²) >= 11 is 0. The Kier molecular flexibility index (Phi) is 3.13. The van der Waals surface area contributed by atoms with E-state index in [1.165, 1.54) is 13.3 Å². The summed E-state index contributed by atoms with van der Waals surface area (Å²) in [5.41, 5.74) is 0.326. The molecule has 0 aromatic carbocycles. The first-order valence-electron chi connectivity index (χ1n) is 5.10. The third-order valence-electron chi connectivity index (χ3n) is 2.35. The molecule has 0 saturated heterocycles. The van der Waals surface area contributed by atoms with Crippen LogP contribution in [0.15, 0.2) is 23.3 Å². The molecular formula is C11H11N3O3. The monoisotopic (exact) mass is 233 g/mol. The van der Waals surface area contributed by atoms with Gasteiger partial charge in [0.2, 0.25) is 0 Å². The zero-order chi connectivity index (χ0) is 12.3. The van der Waals surface area contributed by atoms with E-state index in [4.69, 9.17) is 0 Å². The van der Waals surface area contributed by atoms with E-state index in [2.05, 4.69) is 19.7 Å². The van der Waals surface area contributed by atoms with Crippen LogP contribution in [0, 0.1) is 0 Å². The number of rotatable bonds is 3. The number of esters is 1. The van der Waals surface area contributed by atoms with E-state index in [0.29, 0.717) is 23.1 Å². The van der Waals surface area contributed by atoms with Gasteiger partial charge in [-0.25, -0.2) is 4.98 Å². The summed E-state index contributed by atoms with van der Waals surface area (Å²) in [5.74, 6) is 0.140. The van der Waals surface area contributed by atoms with Crippen LogP contribution in [0.25, 0.3) is 10.9 Å². The number of carbonyl (C=O) groups excluding carboxylic acids is 1. The van der Waals surface area contributed by atoms with E-state index in [1.54, 1.807) is 12.3 Å². The normalized spacial score (nSPS) is 10.4. The van der Waals surface area contributed by atoms with Crippen LogP contribution < -0.4 is 5.56 Å². The number of aromatic nitrogens is 3. The molecule has 6 heteroatoms. The molecule has 6 nitrogen and oxygen atoms in total. The van der Waals surface area contributed by atoms with Crippen LogP contribution in [0.2, 0.25) is 0 Å². The molecule has 0 aliphatic rings. The lowest BCUT2D eigenvalue weighted by Crippen LogP contribution is -2.13. The van der Waals surface area contributed by atoms with Crippen molar-refractivity contribution in [2.75, 3.05) is 7.11 Å². The zero-order valence-corrected chi connectivity index (χ0v) is 9.27. The molecule has 2 aromatic heterocycles. The first-order valence-corrected chi connectivity index (χ1v) is 5.10.